The van der Waals surface area contributed by atoms with Gasteiger partial charge in [0.15, 0.2) is 0 Å². The quantitative estimate of drug-likeness (QED) is 0.155. The van der Waals surface area contributed by atoms with Gasteiger partial charge in [-0.05, 0) is 6.42 Å². The van der Waals surface area contributed by atoms with Crippen molar-refractivity contribution in [2.24, 2.45) is 0 Å². The molecule has 1 heterocycles. The standard InChI is InChI=1S/C19H21N5O.3C4H9.Sn/c1-2-3-8-18(25)20-13-14-9-11-15(12-10-14)16-6-4-5-7-17(16)19-21-23-24-22-19;3*1-3-4-2;/h4-7,9-12H,2-3,8,13H2,1H3,(H2,20,21,22,23,24,25);3*1,3-4H2,2H3;/q;;;;+1/p-1. The predicted molar refractivity (Wildman–Crippen MR) is 160 cm³/mol. The van der Waals surface area contributed by atoms with E-state index in [9.17, 15) is 4.79 Å². The van der Waals surface area contributed by atoms with Crippen molar-refractivity contribution >= 4 is 24.6 Å². The molecule has 3 aromatic rings. The van der Waals surface area contributed by atoms with Crippen LogP contribution >= 0.6 is 0 Å². The molecule has 206 valence electrons. The third-order valence-electron chi connectivity index (χ3n) is 7.59. The van der Waals surface area contributed by atoms with Gasteiger partial charge < -0.3 is 0 Å². The zero-order valence-electron chi connectivity index (χ0n) is 24.0. The number of tetrazole rings is 1. The summed E-state index contributed by atoms with van der Waals surface area (Å²) < 4.78 is 6.31. The molecule has 6 nitrogen and oxygen atoms in total. The molecule has 0 saturated heterocycles. The van der Waals surface area contributed by atoms with E-state index in [2.05, 4.69) is 94.8 Å². The molecular formula is C31H47N5OSn. The summed E-state index contributed by atoms with van der Waals surface area (Å²) in [4.78, 5) is 12.0. The van der Waals surface area contributed by atoms with Crippen molar-refractivity contribution in [3.63, 3.8) is 0 Å². The first-order chi connectivity index (χ1) is 18.6. The second-order valence-corrected chi connectivity index (χ2v) is 23.1. The Morgan fingerprint density at radius 2 is 1.37 bits per heavy atom. The van der Waals surface area contributed by atoms with Gasteiger partial charge in [0, 0.05) is 0 Å². The van der Waals surface area contributed by atoms with Crippen molar-refractivity contribution in [3.8, 4) is 22.5 Å². The Morgan fingerprint density at radius 1 is 0.789 bits per heavy atom. The van der Waals surface area contributed by atoms with Gasteiger partial charge in [-0.25, -0.2) is 0 Å². The van der Waals surface area contributed by atoms with Crippen LogP contribution in [-0.2, 0) is 11.3 Å². The average molecular weight is 624 g/mol. The summed E-state index contributed by atoms with van der Waals surface area (Å²) >= 11 is -2.89. The van der Waals surface area contributed by atoms with E-state index >= 15 is 0 Å². The number of nitrogens with zero attached hydrogens (tertiary/aromatic N) is 4. The summed E-state index contributed by atoms with van der Waals surface area (Å²) in [6, 6.07) is 17.1. The van der Waals surface area contributed by atoms with Crippen LogP contribution in [0.25, 0.3) is 22.5 Å². The van der Waals surface area contributed by atoms with Gasteiger partial charge in [0.2, 0.25) is 0 Å². The molecule has 1 amide bonds. The van der Waals surface area contributed by atoms with E-state index in [1.54, 1.807) is 0 Å². The number of benzene rings is 2. The molecule has 1 aromatic heterocycles. The zero-order valence-corrected chi connectivity index (χ0v) is 26.9. The number of hydrogen-bond acceptors (Lipinski definition) is 4. The first kappa shape index (κ1) is 30.3. The second-order valence-electron chi connectivity index (χ2n) is 10.6. The molecule has 3 rings (SSSR count). The van der Waals surface area contributed by atoms with Crippen molar-refractivity contribution in [2.75, 3.05) is 0 Å². The van der Waals surface area contributed by atoms with E-state index in [-0.39, 0.29) is 5.91 Å². The first-order valence-electron chi connectivity index (χ1n) is 14.8. The Morgan fingerprint density at radius 3 is 1.95 bits per heavy atom. The number of rotatable bonds is 17. The number of unbranched alkanes of at least 4 members (excludes halogenated alkanes) is 4. The van der Waals surface area contributed by atoms with Gasteiger partial charge in [-0.1, -0.05) is 13.3 Å². The first-order valence-corrected chi connectivity index (χ1v) is 22.2. The molecule has 0 aliphatic rings. The number of carbonyl (C=O) groups is 1. The van der Waals surface area contributed by atoms with E-state index < -0.39 is 18.7 Å². The van der Waals surface area contributed by atoms with E-state index in [0.717, 1.165) is 40.9 Å². The molecule has 0 saturated carbocycles. The summed E-state index contributed by atoms with van der Waals surface area (Å²) in [5.41, 5.74) is 4.52. The van der Waals surface area contributed by atoms with E-state index in [0.29, 0.717) is 13.0 Å². The van der Waals surface area contributed by atoms with Gasteiger partial charge in [-0.3, -0.25) is 0 Å². The summed E-state index contributed by atoms with van der Waals surface area (Å²) in [5, 5.41) is 16.7. The van der Waals surface area contributed by atoms with Crippen LogP contribution in [0.15, 0.2) is 48.5 Å². The normalized spacial score (nSPS) is 11.6. The molecule has 0 fully saturated rings. The van der Waals surface area contributed by atoms with Crippen LogP contribution in [0, 0.1) is 0 Å². The molecule has 0 radical (unpaired) electrons. The molecule has 0 bridgehead atoms. The van der Waals surface area contributed by atoms with Gasteiger partial charge in [0.1, 0.15) is 0 Å². The van der Waals surface area contributed by atoms with Gasteiger partial charge in [0.05, 0.1) is 0 Å². The van der Waals surface area contributed by atoms with Crippen LogP contribution in [0.4, 0.5) is 0 Å². The molecule has 38 heavy (non-hydrogen) atoms. The monoisotopic (exact) mass is 625 g/mol. The molecule has 2 aromatic carbocycles. The molecule has 1 N–H and O–H groups in total. The third-order valence-corrected chi connectivity index (χ3v) is 22.0. The molecular weight excluding hydrogens is 577 g/mol. The number of aromatic nitrogens is 4. The zero-order chi connectivity index (χ0) is 27.2. The number of amides is 1. The molecule has 0 aliphatic carbocycles. The second kappa shape index (κ2) is 16.0. The molecule has 0 unspecified atom stereocenters. The summed E-state index contributed by atoms with van der Waals surface area (Å²) in [6.07, 6.45) is 10.0. The van der Waals surface area contributed by atoms with E-state index in [4.69, 9.17) is 5.21 Å². The summed E-state index contributed by atoms with van der Waals surface area (Å²) in [7, 11) is 0. The maximum absolute atomic E-state index is 12.0. The van der Waals surface area contributed by atoms with Crippen LogP contribution in [-0.4, -0.2) is 43.0 Å². The van der Waals surface area contributed by atoms with E-state index in [1.807, 2.05) is 0 Å². The third kappa shape index (κ3) is 8.14. The van der Waals surface area contributed by atoms with Crippen molar-refractivity contribution in [1.82, 2.24) is 23.7 Å². The van der Waals surface area contributed by atoms with Crippen LogP contribution in [0.3, 0.4) is 0 Å². The van der Waals surface area contributed by atoms with E-state index in [1.165, 1.54) is 51.8 Å². The van der Waals surface area contributed by atoms with Gasteiger partial charge in [-0.15, -0.1) is 0 Å². The fraction of sp³-hybridized carbons (Fsp3) is 0.548. The van der Waals surface area contributed by atoms with Crippen molar-refractivity contribution < 1.29 is 4.79 Å². The topological polar surface area (TPSA) is 72.7 Å². The molecule has 7 heteroatoms. The fourth-order valence-electron chi connectivity index (χ4n) is 5.24. The van der Waals surface area contributed by atoms with Crippen LogP contribution in [0.2, 0.25) is 13.3 Å². The average Bonchev–Trinajstić information content (AvgIpc) is 3.46. The summed E-state index contributed by atoms with van der Waals surface area (Å²) in [6.45, 7) is 9.56. The van der Waals surface area contributed by atoms with Crippen LogP contribution < -0.4 is 5.32 Å². The van der Waals surface area contributed by atoms with Gasteiger partial charge in [0.25, 0.3) is 0 Å². The van der Waals surface area contributed by atoms with Crippen LogP contribution in [0.1, 0.15) is 91.0 Å². The minimum absolute atomic E-state index is 0.122. The van der Waals surface area contributed by atoms with Gasteiger partial charge >= 0.3 is 215 Å². The van der Waals surface area contributed by atoms with Gasteiger partial charge in [-0.2, -0.15) is 0 Å². The minimum atomic E-state index is -2.89. The van der Waals surface area contributed by atoms with Crippen molar-refractivity contribution in [2.45, 2.75) is 105 Å². The number of carbonyl (C=O) groups excluding carboxylic acids is 1. The summed E-state index contributed by atoms with van der Waals surface area (Å²) in [5.74, 6) is 1.07. The van der Waals surface area contributed by atoms with Crippen LogP contribution in [0.5, 0.6) is 0 Å². The van der Waals surface area contributed by atoms with Crippen molar-refractivity contribution in [3.05, 3.63) is 54.1 Å². The Hall–Kier alpha value is -2.22. The number of hydrogen-bond donors (Lipinski definition) is 1. The van der Waals surface area contributed by atoms with Crippen molar-refractivity contribution in [1.29, 1.82) is 0 Å². The molecule has 0 spiro atoms. The number of nitrogens with one attached hydrogen (secondary N) is 1. The Balaban J connectivity index is 1.93. The fourth-order valence-corrected chi connectivity index (χ4v) is 20.3. The Bertz CT molecular complexity index is 1090. The SMILES string of the molecule is CCCCC(=O)NCc1ccc(-c2ccccc2-c2nnn[n]2[Sn]([CH2]CCC)([CH2]CCC)[CH2]CCC)cc1. The molecule has 0 atom stereocenters. The Kier molecular flexibility index (Phi) is 12.8. The molecule has 0 aliphatic heterocycles. The Labute approximate surface area is 234 Å². The maximum atomic E-state index is 12.0. The predicted octanol–water partition coefficient (Wildman–Crippen LogP) is 8.01.